The summed E-state index contributed by atoms with van der Waals surface area (Å²) in [5.41, 5.74) is 1.58. The number of ether oxygens (including phenoxy) is 3. The molecule has 35 heavy (non-hydrogen) atoms. The molecule has 11 heteroatoms. The Bertz CT molecular complexity index is 1090. The van der Waals surface area contributed by atoms with Gasteiger partial charge in [0.1, 0.15) is 16.2 Å². The van der Waals surface area contributed by atoms with E-state index >= 15 is 0 Å². The van der Waals surface area contributed by atoms with Crippen LogP contribution >= 0.6 is 22.6 Å². The fraction of sp³-hybridized carbons (Fsp3) is 0.583. The highest BCUT2D eigenvalue weighted by Gasteiger charge is 2.43. The number of rotatable bonds is 11. The number of carbonyl (C=O) groups is 1. The minimum absolute atomic E-state index is 0.00431. The van der Waals surface area contributed by atoms with E-state index < -0.39 is 23.9 Å². The Labute approximate surface area is 220 Å². The van der Waals surface area contributed by atoms with E-state index in [4.69, 9.17) is 18.7 Å². The molecule has 0 aliphatic carbocycles. The van der Waals surface area contributed by atoms with Crippen LogP contribution < -0.4 is 10.1 Å². The van der Waals surface area contributed by atoms with Gasteiger partial charge in [-0.3, -0.25) is 10.1 Å². The number of methoxy groups -OCH3 is 1. The third-order valence-electron chi connectivity index (χ3n) is 6.20. The number of aromatic nitrogens is 1. The van der Waals surface area contributed by atoms with Gasteiger partial charge in [0.2, 0.25) is 11.8 Å². The molecule has 0 spiro atoms. The highest BCUT2D eigenvalue weighted by Crippen LogP contribution is 2.33. The van der Waals surface area contributed by atoms with Crippen LogP contribution in [0.1, 0.15) is 44.9 Å². The highest BCUT2D eigenvalue weighted by atomic mass is 127. The number of nitrogens with one attached hydrogen (secondary N) is 1. The van der Waals surface area contributed by atoms with Crippen molar-refractivity contribution in [2.75, 3.05) is 38.0 Å². The Hall–Kier alpha value is -1.70. The van der Waals surface area contributed by atoms with E-state index in [9.17, 15) is 13.2 Å². The van der Waals surface area contributed by atoms with Gasteiger partial charge in [-0.15, -0.1) is 0 Å². The summed E-state index contributed by atoms with van der Waals surface area (Å²) in [6.07, 6.45) is 1.36. The standard InChI is InChI=1S/C24H33IN2O7S/c1-23(2,35(29,30)15-18-9-11-32-12-10-18)22(28)26-21-13-20(27-34-21)24(3,25)16-33-14-17-5-7-19(31-4)8-6-17/h5-8,13,18H,9-12,14-16H2,1-4H3,(H,26,28). The lowest BCUT2D eigenvalue weighted by Crippen LogP contribution is -2.47. The molecule has 0 saturated carbocycles. The number of hydrogen-bond donors (Lipinski definition) is 1. The SMILES string of the molecule is COc1ccc(COCC(C)(I)c2cc(NC(=O)C(C)(C)S(=O)(=O)CC3CCOCC3)on2)cc1. The minimum Gasteiger partial charge on any atom is -0.497 e. The number of benzene rings is 1. The van der Waals surface area contributed by atoms with Crippen molar-refractivity contribution >= 4 is 44.2 Å². The molecule has 2 aromatic rings. The number of halogens is 1. The van der Waals surface area contributed by atoms with E-state index in [-0.39, 0.29) is 17.6 Å². The van der Waals surface area contributed by atoms with Gasteiger partial charge < -0.3 is 18.7 Å². The molecule has 1 saturated heterocycles. The molecule has 1 fully saturated rings. The van der Waals surface area contributed by atoms with Gasteiger partial charge in [-0.25, -0.2) is 8.42 Å². The Morgan fingerprint density at radius 3 is 2.49 bits per heavy atom. The molecule has 2 heterocycles. The van der Waals surface area contributed by atoms with Gasteiger partial charge in [-0.05, 0) is 57.2 Å². The van der Waals surface area contributed by atoms with Crippen LogP contribution in [0, 0.1) is 5.92 Å². The molecular weight excluding hydrogens is 587 g/mol. The average Bonchev–Trinajstić information content (AvgIpc) is 3.29. The van der Waals surface area contributed by atoms with E-state index in [0.717, 1.165) is 11.3 Å². The van der Waals surface area contributed by atoms with E-state index in [1.165, 1.54) is 13.8 Å². The van der Waals surface area contributed by atoms with Crippen molar-refractivity contribution in [1.29, 1.82) is 0 Å². The van der Waals surface area contributed by atoms with E-state index in [1.807, 2.05) is 31.2 Å². The van der Waals surface area contributed by atoms with Crippen LogP contribution in [-0.4, -0.2) is 56.9 Å². The molecule has 1 amide bonds. The van der Waals surface area contributed by atoms with Crippen molar-refractivity contribution in [1.82, 2.24) is 5.16 Å². The topological polar surface area (TPSA) is 117 Å². The zero-order valence-electron chi connectivity index (χ0n) is 20.5. The van der Waals surface area contributed by atoms with Crippen LogP contribution in [0.2, 0.25) is 0 Å². The van der Waals surface area contributed by atoms with Crippen LogP contribution in [0.25, 0.3) is 0 Å². The quantitative estimate of drug-likeness (QED) is 0.295. The van der Waals surface area contributed by atoms with Crippen molar-refractivity contribution in [2.45, 2.75) is 48.4 Å². The lowest BCUT2D eigenvalue weighted by Gasteiger charge is -2.28. The first-order valence-electron chi connectivity index (χ1n) is 11.4. The molecule has 3 rings (SSSR count). The molecule has 1 atom stereocenters. The number of nitrogens with zero attached hydrogens (tertiary/aromatic N) is 1. The van der Waals surface area contributed by atoms with Crippen molar-refractivity contribution in [2.24, 2.45) is 5.92 Å². The summed E-state index contributed by atoms with van der Waals surface area (Å²) >= 11 is 2.22. The van der Waals surface area contributed by atoms with E-state index in [0.29, 0.717) is 45.0 Å². The largest absolute Gasteiger partial charge is 0.497 e. The van der Waals surface area contributed by atoms with Gasteiger partial charge in [0.15, 0.2) is 9.84 Å². The molecule has 9 nitrogen and oxygen atoms in total. The van der Waals surface area contributed by atoms with Crippen LogP contribution in [0.4, 0.5) is 5.88 Å². The molecule has 1 aromatic carbocycles. The van der Waals surface area contributed by atoms with E-state index in [1.54, 1.807) is 13.2 Å². The number of alkyl halides is 1. The second-order valence-electron chi connectivity index (χ2n) is 9.42. The minimum atomic E-state index is -3.70. The number of hydrogen-bond acceptors (Lipinski definition) is 8. The van der Waals surface area contributed by atoms with Crippen molar-refractivity contribution in [3.05, 3.63) is 41.6 Å². The number of amides is 1. The Kier molecular flexibility index (Phi) is 9.22. The van der Waals surface area contributed by atoms with Gasteiger partial charge >= 0.3 is 0 Å². The first kappa shape index (κ1) is 27.9. The second kappa shape index (κ2) is 11.6. The lowest BCUT2D eigenvalue weighted by molar-refractivity contribution is -0.118. The third kappa shape index (κ3) is 7.17. The summed E-state index contributed by atoms with van der Waals surface area (Å²) in [5.74, 6) is 0.172. The fourth-order valence-electron chi connectivity index (χ4n) is 3.57. The fourth-order valence-corrected chi connectivity index (χ4v) is 5.75. The summed E-state index contributed by atoms with van der Waals surface area (Å²) in [7, 11) is -2.08. The molecule has 0 radical (unpaired) electrons. The molecule has 1 aliphatic heterocycles. The summed E-state index contributed by atoms with van der Waals surface area (Å²) in [6.45, 7) is 6.65. The molecule has 0 bridgehead atoms. The summed E-state index contributed by atoms with van der Waals surface area (Å²) in [4.78, 5) is 12.9. The number of anilines is 1. The lowest BCUT2D eigenvalue weighted by atomic mass is 10.0. The van der Waals surface area contributed by atoms with Crippen molar-refractivity contribution in [3.8, 4) is 5.75 Å². The van der Waals surface area contributed by atoms with Gasteiger partial charge in [0.05, 0.1) is 29.5 Å². The van der Waals surface area contributed by atoms with Gasteiger partial charge in [-0.1, -0.05) is 39.9 Å². The third-order valence-corrected chi connectivity index (χ3v) is 9.72. The number of sulfone groups is 1. The molecule has 194 valence electrons. The van der Waals surface area contributed by atoms with Crippen LogP contribution in [0.15, 0.2) is 34.9 Å². The van der Waals surface area contributed by atoms with Crippen LogP contribution in [0.5, 0.6) is 5.75 Å². The van der Waals surface area contributed by atoms with Gasteiger partial charge in [0, 0.05) is 19.3 Å². The maximum Gasteiger partial charge on any atom is 0.247 e. The predicted octanol–water partition coefficient (Wildman–Crippen LogP) is 4.11. The van der Waals surface area contributed by atoms with Crippen LogP contribution in [0.3, 0.4) is 0 Å². The zero-order valence-corrected chi connectivity index (χ0v) is 23.5. The summed E-state index contributed by atoms with van der Waals surface area (Å²) in [6, 6.07) is 9.22. The van der Waals surface area contributed by atoms with Gasteiger partial charge in [0.25, 0.3) is 0 Å². The maximum atomic E-state index is 13.0. The molecule has 1 aromatic heterocycles. The first-order valence-corrected chi connectivity index (χ1v) is 14.2. The van der Waals surface area contributed by atoms with Crippen molar-refractivity contribution in [3.63, 3.8) is 0 Å². The molecule has 1 unspecified atom stereocenters. The second-order valence-corrected chi connectivity index (χ2v) is 14.4. The average molecular weight is 621 g/mol. The van der Waals surface area contributed by atoms with E-state index in [2.05, 4.69) is 33.1 Å². The summed E-state index contributed by atoms with van der Waals surface area (Å²) < 4.78 is 45.5. The normalized spacial score (nSPS) is 17.1. The zero-order chi connectivity index (χ0) is 25.7. The summed E-state index contributed by atoms with van der Waals surface area (Å²) in [5, 5.41) is 6.65. The van der Waals surface area contributed by atoms with Crippen molar-refractivity contribution < 1.29 is 31.9 Å². The Morgan fingerprint density at radius 2 is 1.86 bits per heavy atom. The van der Waals surface area contributed by atoms with Gasteiger partial charge in [-0.2, -0.15) is 0 Å². The molecule has 1 N–H and O–H groups in total. The molecular formula is C24H33IN2O7S. The maximum absolute atomic E-state index is 13.0. The molecule has 1 aliphatic rings. The monoisotopic (exact) mass is 620 g/mol. The predicted molar refractivity (Wildman–Crippen MR) is 141 cm³/mol. The van der Waals surface area contributed by atoms with Crippen LogP contribution in [-0.2, 0) is 34.1 Å². The Morgan fingerprint density at radius 1 is 1.20 bits per heavy atom. The Balaban J connectivity index is 1.57. The first-order chi connectivity index (χ1) is 16.4. The smallest absolute Gasteiger partial charge is 0.247 e. The highest BCUT2D eigenvalue weighted by molar-refractivity contribution is 14.1. The number of carbonyl (C=O) groups excluding carboxylic acids is 1.